The molecule has 0 aliphatic carbocycles. The zero-order valence-electron chi connectivity index (χ0n) is 14.8. The van der Waals surface area contributed by atoms with Gasteiger partial charge in [-0.25, -0.2) is 0 Å². The summed E-state index contributed by atoms with van der Waals surface area (Å²) in [5.74, 6) is 1.43. The molecular weight excluding hydrogens is 472 g/mol. The van der Waals surface area contributed by atoms with Gasteiger partial charge in [-0.2, -0.15) is 0 Å². The van der Waals surface area contributed by atoms with Crippen molar-refractivity contribution in [1.82, 2.24) is 0 Å². The van der Waals surface area contributed by atoms with Crippen molar-refractivity contribution < 1.29 is 28.4 Å². The Kier molecular flexibility index (Phi) is 11.6. The highest BCUT2D eigenvalue weighted by atomic mass is 79.9. The minimum Gasteiger partial charge on any atom is -0.487 e. The lowest BCUT2D eigenvalue weighted by molar-refractivity contribution is -0.00842. The third-order valence-electron chi connectivity index (χ3n) is 3.64. The first kappa shape index (κ1) is 21.9. The first-order valence-corrected chi connectivity index (χ1v) is 10.9. The molecule has 1 aliphatic heterocycles. The van der Waals surface area contributed by atoms with E-state index in [1.165, 1.54) is 0 Å². The molecule has 0 atom stereocenters. The van der Waals surface area contributed by atoms with E-state index >= 15 is 0 Å². The Labute approximate surface area is 171 Å². The van der Waals surface area contributed by atoms with Gasteiger partial charge in [-0.15, -0.1) is 0 Å². The summed E-state index contributed by atoms with van der Waals surface area (Å²) in [6.07, 6.45) is 0. The molecule has 0 fully saturated rings. The highest BCUT2D eigenvalue weighted by molar-refractivity contribution is 9.09. The number of hydrogen-bond acceptors (Lipinski definition) is 6. The molecule has 0 N–H and O–H groups in total. The van der Waals surface area contributed by atoms with Crippen molar-refractivity contribution in [2.45, 2.75) is 10.7 Å². The predicted molar refractivity (Wildman–Crippen MR) is 106 cm³/mol. The topological polar surface area (TPSA) is 55.4 Å². The van der Waals surface area contributed by atoms with Crippen molar-refractivity contribution in [2.24, 2.45) is 0 Å². The van der Waals surface area contributed by atoms with E-state index in [-0.39, 0.29) is 0 Å². The molecule has 0 radical (unpaired) electrons. The summed E-state index contributed by atoms with van der Waals surface area (Å²) in [6, 6.07) is 4.02. The first-order chi connectivity index (χ1) is 12.8. The number of rotatable bonds is 2. The first-order valence-electron chi connectivity index (χ1n) is 8.69. The van der Waals surface area contributed by atoms with Crippen LogP contribution in [0.15, 0.2) is 12.1 Å². The Morgan fingerprint density at radius 1 is 0.538 bits per heavy atom. The molecular formula is C18H26Br2O6. The van der Waals surface area contributed by atoms with Gasteiger partial charge in [0.25, 0.3) is 0 Å². The average molecular weight is 498 g/mol. The highest BCUT2D eigenvalue weighted by Crippen LogP contribution is 2.33. The average Bonchev–Trinajstić information content (AvgIpc) is 2.67. The van der Waals surface area contributed by atoms with E-state index in [9.17, 15) is 0 Å². The van der Waals surface area contributed by atoms with Gasteiger partial charge < -0.3 is 28.4 Å². The number of ether oxygens (including phenoxy) is 6. The van der Waals surface area contributed by atoms with Crippen LogP contribution in [-0.4, -0.2) is 66.1 Å². The van der Waals surface area contributed by atoms with Crippen LogP contribution in [0.5, 0.6) is 11.5 Å². The molecule has 0 aromatic heterocycles. The zero-order valence-corrected chi connectivity index (χ0v) is 18.0. The van der Waals surface area contributed by atoms with Gasteiger partial charge in [-0.05, 0) is 23.3 Å². The second kappa shape index (κ2) is 13.7. The van der Waals surface area contributed by atoms with Gasteiger partial charge >= 0.3 is 0 Å². The molecule has 26 heavy (non-hydrogen) atoms. The van der Waals surface area contributed by atoms with Gasteiger partial charge in [-0.1, -0.05) is 31.9 Å². The van der Waals surface area contributed by atoms with Crippen LogP contribution < -0.4 is 9.47 Å². The lowest BCUT2D eigenvalue weighted by atomic mass is 10.1. The second-order valence-electron chi connectivity index (χ2n) is 5.48. The summed E-state index contributed by atoms with van der Waals surface area (Å²) >= 11 is 7.05. The largest absolute Gasteiger partial charge is 0.487 e. The van der Waals surface area contributed by atoms with E-state index in [0.717, 1.165) is 21.8 Å². The summed E-state index contributed by atoms with van der Waals surface area (Å²) < 4.78 is 33.7. The fourth-order valence-electron chi connectivity index (χ4n) is 2.30. The lowest BCUT2D eigenvalue weighted by Crippen LogP contribution is -2.16. The van der Waals surface area contributed by atoms with Crippen LogP contribution in [0.1, 0.15) is 11.1 Å². The molecule has 1 aromatic rings. The lowest BCUT2D eigenvalue weighted by Gasteiger charge is -2.17. The molecule has 0 bridgehead atoms. The molecule has 1 aromatic carbocycles. The van der Waals surface area contributed by atoms with Crippen LogP contribution in [-0.2, 0) is 29.6 Å². The molecule has 0 saturated carbocycles. The number of halogens is 2. The van der Waals surface area contributed by atoms with E-state index in [1.54, 1.807) is 0 Å². The monoisotopic (exact) mass is 496 g/mol. The van der Waals surface area contributed by atoms with Crippen LogP contribution >= 0.6 is 31.9 Å². The van der Waals surface area contributed by atoms with Crippen molar-refractivity contribution in [1.29, 1.82) is 0 Å². The Morgan fingerprint density at radius 3 is 1.15 bits per heavy atom. The summed E-state index contributed by atoms with van der Waals surface area (Å²) in [4.78, 5) is 0. The van der Waals surface area contributed by atoms with E-state index in [2.05, 4.69) is 31.9 Å². The fraction of sp³-hybridized carbons (Fsp3) is 0.667. The molecule has 8 heteroatoms. The zero-order chi connectivity index (χ0) is 18.5. The van der Waals surface area contributed by atoms with E-state index in [4.69, 9.17) is 28.4 Å². The maximum atomic E-state index is 5.89. The molecule has 148 valence electrons. The van der Waals surface area contributed by atoms with Crippen molar-refractivity contribution in [3.8, 4) is 11.5 Å². The third kappa shape index (κ3) is 8.10. The van der Waals surface area contributed by atoms with Gasteiger partial charge in [0.15, 0.2) is 11.5 Å². The van der Waals surface area contributed by atoms with Gasteiger partial charge in [0, 0.05) is 10.7 Å². The minimum atomic E-state index is 0.450. The van der Waals surface area contributed by atoms with Crippen LogP contribution in [0.2, 0.25) is 0 Å². The molecule has 6 nitrogen and oxygen atoms in total. The summed E-state index contributed by atoms with van der Waals surface area (Å²) in [6.45, 7) is 5.15. The Hall–Kier alpha value is -0.380. The number of fused-ring (bicyclic) bond motifs is 1. The van der Waals surface area contributed by atoms with Crippen LogP contribution in [0, 0.1) is 0 Å². The SMILES string of the molecule is BrCc1cc2c(cc1CBr)OCCOCCOCCOCCOCCO2. The predicted octanol–water partition coefficient (Wildman–Crippen LogP) is 3.31. The van der Waals surface area contributed by atoms with E-state index < -0.39 is 0 Å². The maximum Gasteiger partial charge on any atom is 0.161 e. The maximum absolute atomic E-state index is 5.89. The smallest absolute Gasteiger partial charge is 0.161 e. The highest BCUT2D eigenvalue weighted by Gasteiger charge is 2.12. The van der Waals surface area contributed by atoms with Crippen molar-refractivity contribution in [3.05, 3.63) is 23.3 Å². The summed E-state index contributed by atoms with van der Waals surface area (Å²) in [5.41, 5.74) is 2.32. The molecule has 0 unspecified atom stereocenters. The minimum absolute atomic E-state index is 0.450. The van der Waals surface area contributed by atoms with E-state index in [0.29, 0.717) is 77.6 Å². The molecule has 1 heterocycles. The molecule has 1 aliphatic rings. The third-order valence-corrected chi connectivity index (χ3v) is 4.85. The fourth-order valence-corrected chi connectivity index (χ4v) is 3.35. The normalized spacial score (nSPS) is 18.7. The van der Waals surface area contributed by atoms with Crippen LogP contribution in [0.4, 0.5) is 0 Å². The standard InChI is InChI=1S/C18H26Br2O6/c19-13-15-11-17-18(12-16(15)14-20)26-10-8-24-6-4-22-2-1-21-3-5-23-7-9-25-17/h11-12H,1-10,13-14H2. The van der Waals surface area contributed by atoms with Crippen molar-refractivity contribution >= 4 is 31.9 Å². The number of benzene rings is 1. The van der Waals surface area contributed by atoms with Crippen LogP contribution in [0.25, 0.3) is 0 Å². The van der Waals surface area contributed by atoms with Gasteiger partial charge in [-0.3, -0.25) is 0 Å². The van der Waals surface area contributed by atoms with Gasteiger partial charge in [0.1, 0.15) is 13.2 Å². The van der Waals surface area contributed by atoms with Gasteiger partial charge in [0.2, 0.25) is 0 Å². The second-order valence-corrected chi connectivity index (χ2v) is 6.60. The molecule has 0 amide bonds. The Morgan fingerprint density at radius 2 is 0.846 bits per heavy atom. The number of alkyl halides is 2. The molecule has 0 saturated heterocycles. The Bertz CT molecular complexity index is 470. The van der Waals surface area contributed by atoms with Gasteiger partial charge in [0.05, 0.1) is 52.9 Å². The van der Waals surface area contributed by atoms with Crippen molar-refractivity contribution in [3.63, 3.8) is 0 Å². The van der Waals surface area contributed by atoms with E-state index in [1.807, 2.05) is 12.1 Å². The summed E-state index contributed by atoms with van der Waals surface area (Å²) in [7, 11) is 0. The Balaban J connectivity index is 1.99. The number of hydrogen-bond donors (Lipinski definition) is 0. The molecule has 0 spiro atoms. The quantitative estimate of drug-likeness (QED) is 0.584. The van der Waals surface area contributed by atoms with Crippen LogP contribution in [0.3, 0.4) is 0 Å². The van der Waals surface area contributed by atoms with Crippen molar-refractivity contribution in [2.75, 3.05) is 66.1 Å². The summed E-state index contributed by atoms with van der Waals surface area (Å²) in [5, 5.41) is 1.50. The molecule has 2 rings (SSSR count).